The molecule has 21 heavy (non-hydrogen) atoms. The second kappa shape index (κ2) is 6.49. The number of aryl methyl sites for hydroxylation is 1. The molecule has 0 saturated heterocycles. The minimum atomic E-state index is -0.487. The van der Waals surface area contributed by atoms with Gasteiger partial charge in [0.25, 0.3) is 0 Å². The van der Waals surface area contributed by atoms with Crippen LogP contribution in [0.1, 0.15) is 12.5 Å². The van der Waals surface area contributed by atoms with Crippen molar-refractivity contribution in [2.24, 2.45) is 0 Å². The number of ether oxygens (including phenoxy) is 1. The molecule has 0 aliphatic heterocycles. The molecule has 0 radical (unpaired) electrons. The molecule has 1 aromatic heterocycles. The van der Waals surface area contributed by atoms with Crippen molar-refractivity contribution in [1.29, 1.82) is 0 Å². The maximum Gasteiger partial charge on any atom is 0.313 e. The lowest BCUT2D eigenvalue weighted by Crippen LogP contribution is -2.03. The summed E-state index contributed by atoms with van der Waals surface area (Å²) in [5.41, 5.74) is 0.519. The molecule has 2 aromatic rings. The first-order valence-electron chi connectivity index (χ1n) is 6.20. The highest BCUT2D eigenvalue weighted by Gasteiger charge is 2.20. The number of halogens is 1. The summed E-state index contributed by atoms with van der Waals surface area (Å²) in [6, 6.07) is 4.69. The quantitative estimate of drug-likeness (QED) is 0.651. The predicted molar refractivity (Wildman–Crippen MR) is 81.8 cm³/mol. The summed E-state index contributed by atoms with van der Waals surface area (Å²) >= 11 is 3.24. The van der Waals surface area contributed by atoms with Gasteiger partial charge in [0.1, 0.15) is 0 Å². The highest BCUT2D eigenvalue weighted by atomic mass is 79.9. The Kier molecular flexibility index (Phi) is 4.69. The Labute approximate surface area is 129 Å². The summed E-state index contributed by atoms with van der Waals surface area (Å²) in [5.74, 6) is 0.825. The fraction of sp³-hybridized carbons (Fsp3) is 0.231. The Balaban J connectivity index is 2.39. The van der Waals surface area contributed by atoms with Gasteiger partial charge in [-0.2, -0.15) is 4.98 Å². The van der Waals surface area contributed by atoms with Gasteiger partial charge >= 0.3 is 5.69 Å². The molecule has 0 spiro atoms. The van der Waals surface area contributed by atoms with Crippen molar-refractivity contribution in [3.8, 4) is 11.6 Å². The van der Waals surface area contributed by atoms with Gasteiger partial charge in [-0.05, 0) is 19.9 Å². The van der Waals surface area contributed by atoms with E-state index in [9.17, 15) is 10.1 Å². The standard InChI is InChI=1S/C13H13BrN4O3/c1-3-15-13-16-5-4-11(17-13)21-12-8(2)6-9(14)7-10(12)18(19)20/h4-7H,3H2,1-2H3,(H,15,16,17). The number of hydrogen-bond donors (Lipinski definition) is 1. The molecule has 0 fully saturated rings. The lowest BCUT2D eigenvalue weighted by Gasteiger charge is -2.09. The zero-order valence-electron chi connectivity index (χ0n) is 11.5. The Morgan fingerprint density at radius 1 is 1.48 bits per heavy atom. The fourth-order valence-corrected chi connectivity index (χ4v) is 2.29. The van der Waals surface area contributed by atoms with E-state index in [0.29, 0.717) is 22.5 Å². The molecule has 0 amide bonds. The minimum Gasteiger partial charge on any atom is -0.431 e. The van der Waals surface area contributed by atoms with Crippen molar-refractivity contribution in [2.75, 3.05) is 11.9 Å². The van der Waals surface area contributed by atoms with Crippen LogP contribution >= 0.6 is 15.9 Å². The molecule has 7 nitrogen and oxygen atoms in total. The molecule has 1 aromatic carbocycles. The molecule has 0 atom stereocenters. The number of anilines is 1. The van der Waals surface area contributed by atoms with Crippen LogP contribution in [0.3, 0.4) is 0 Å². The number of nitro groups is 1. The van der Waals surface area contributed by atoms with Crippen LogP contribution in [0.25, 0.3) is 0 Å². The highest BCUT2D eigenvalue weighted by molar-refractivity contribution is 9.10. The van der Waals surface area contributed by atoms with Gasteiger partial charge in [0.15, 0.2) is 0 Å². The van der Waals surface area contributed by atoms with Crippen molar-refractivity contribution < 1.29 is 9.66 Å². The van der Waals surface area contributed by atoms with E-state index in [1.807, 2.05) is 6.92 Å². The largest absolute Gasteiger partial charge is 0.431 e. The van der Waals surface area contributed by atoms with Crippen LogP contribution in [0.15, 0.2) is 28.9 Å². The van der Waals surface area contributed by atoms with Gasteiger partial charge in [-0.25, -0.2) is 4.98 Å². The van der Waals surface area contributed by atoms with Crippen LogP contribution < -0.4 is 10.1 Å². The molecule has 0 unspecified atom stereocenters. The van der Waals surface area contributed by atoms with Crippen LogP contribution in [0.5, 0.6) is 11.6 Å². The van der Waals surface area contributed by atoms with E-state index in [2.05, 4.69) is 31.2 Å². The van der Waals surface area contributed by atoms with Crippen molar-refractivity contribution in [1.82, 2.24) is 9.97 Å². The van der Waals surface area contributed by atoms with Crippen LogP contribution in [0.4, 0.5) is 11.6 Å². The predicted octanol–water partition coefficient (Wildman–Crippen LogP) is 3.68. The van der Waals surface area contributed by atoms with Crippen LogP contribution in [-0.2, 0) is 0 Å². The second-order valence-corrected chi connectivity index (χ2v) is 5.09. The summed E-state index contributed by atoms with van der Waals surface area (Å²) in [5, 5.41) is 14.1. The van der Waals surface area contributed by atoms with Crippen molar-refractivity contribution in [2.45, 2.75) is 13.8 Å². The van der Waals surface area contributed by atoms with E-state index in [0.717, 1.165) is 0 Å². The molecule has 110 valence electrons. The Bertz CT molecular complexity index is 678. The van der Waals surface area contributed by atoms with Crippen molar-refractivity contribution in [3.05, 3.63) is 44.5 Å². The molecule has 0 aliphatic carbocycles. The number of aromatic nitrogens is 2. The summed E-state index contributed by atoms with van der Waals surface area (Å²) < 4.78 is 6.21. The molecule has 2 rings (SSSR count). The molecule has 0 bridgehead atoms. The van der Waals surface area contributed by atoms with Crippen molar-refractivity contribution in [3.63, 3.8) is 0 Å². The molecule has 0 aliphatic rings. The van der Waals surface area contributed by atoms with Gasteiger partial charge in [-0.15, -0.1) is 0 Å². The summed E-state index contributed by atoms with van der Waals surface area (Å²) in [6.07, 6.45) is 1.53. The zero-order valence-corrected chi connectivity index (χ0v) is 13.0. The third kappa shape index (κ3) is 3.66. The first-order chi connectivity index (χ1) is 10.0. The van der Waals surface area contributed by atoms with Crippen LogP contribution in [0.2, 0.25) is 0 Å². The first-order valence-corrected chi connectivity index (χ1v) is 7.00. The first kappa shape index (κ1) is 15.2. The summed E-state index contributed by atoms with van der Waals surface area (Å²) in [7, 11) is 0. The minimum absolute atomic E-state index is 0.120. The third-order valence-electron chi connectivity index (χ3n) is 2.59. The average Bonchev–Trinajstić information content (AvgIpc) is 2.42. The number of rotatable bonds is 5. The monoisotopic (exact) mass is 352 g/mol. The van der Waals surface area contributed by atoms with Gasteiger partial charge in [0.2, 0.25) is 17.6 Å². The molecular formula is C13H13BrN4O3. The van der Waals surface area contributed by atoms with E-state index < -0.39 is 4.92 Å². The highest BCUT2D eigenvalue weighted by Crippen LogP contribution is 2.36. The van der Waals surface area contributed by atoms with E-state index in [1.54, 1.807) is 19.1 Å². The van der Waals surface area contributed by atoms with Gasteiger partial charge in [-0.3, -0.25) is 10.1 Å². The maximum atomic E-state index is 11.1. The number of nitro benzene ring substituents is 1. The second-order valence-electron chi connectivity index (χ2n) is 4.18. The van der Waals surface area contributed by atoms with E-state index >= 15 is 0 Å². The molecule has 1 N–H and O–H groups in total. The van der Waals surface area contributed by atoms with E-state index in [-0.39, 0.29) is 17.3 Å². The molecule has 1 heterocycles. The molecular weight excluding hydrogens is 340 g/mol. The Hall–Kier alpha value is -2.22. The van der Waals surface area contributed by atoms with Crippen LogP contribution in [0, 0.1) is 17.0 Å². The Morgan fingerprint density at radius 3 is 2.90 bits per heavy atom. The van der Waals surface area contributed by atoms with Gasteiger partial charge in [0, 0.05) is 34.9 Å². The third-order valence-corrected chi connectivity index (χ3v) is 3.05. The average molecular weight is 353 g/mol. The molecule has 0 saturated carbocycles. The van der Waals surface area contributed by atoms with Crippen LogP contribution in [-0.4, -0.2) is 21.4 Å². The zero-order chi connectivity index (χ0) is 15.4. The smallest absolute Gasteiger partial charge is 0.313 e. The number of nitrogens with zero attached hydrogens (tertiary/aromatic N) is 3. The van der Waals surface area contributed by atoms with E-state index in [1.165, 1.54) is 12.3 Å². The number of nitrogens with one attached hydrogen (secondary N) is 1. The summed E-state index contributed by atoms with van der Waals surface area (Å²) in [4.78, 5) is 18.8. The lowest BCUT2D eigenvalue weighted by molar-refractivity contribution is -0.385. The Morgan fingerprint density at radius 2 is 2.24 bits per heavy atom. The van der Waals surface area contributed by atoms with Crippen molar-refractivity contribution >= 4 is 27.6 Å². The molecule has 8 heteroatoms. The van der Waals surface area contributed by atoms with E-state index in [4.69, 9.17) is 4.74 Å². The topological polar surface area (TPSA) is 90.2 Å². The number of benzene rings is 1. The number of hydrogen-bond acceptors (Lipinski definition) is 6. The van der Waals surface area contributed by atoms with Gasteiger partial charge < -0.3 is 10.1 Å². The summed E-state index contributed by atoms with van der Waals surface area (Å²) in [6.45, 7) is 4.32. The lowest BCUT2D eigenvalue weighted by atomic mass is 10.2. The SMILES string of the molecule is CCNc1nccc(Oc2c(C)cc(Br)cc2[N+](=O)[O-])n1. The normalized spacial score (nSPS) is 10.2. The fourth-order valence-electron chi connectivity index (χ4n) is 1.73. The van der Waals surface area contributed by atoms with Gasteiger partial charge in [0.05, 0.1) is 4.92 Å². The van der Waals surface area contributed by atoms with Gasteiger partial charge in [-0.1, -0.05) is 15.9 Å². The maximum absolute atomic E-state index is 11.1.